The van der Waals surface area contributed by atoms with E-state index in [2.05, 4.69) is 15.3 Å². The minimum Gasteiger partial charge on any atom is -0.476 e. The predicted molar refractivity (Wildman–Crippen MR) is 76.3 cm³/mol. The number of aromatic nitrogens is 4. The summed E-state index contributed by atoms with van der Waals surface area (Å²) in [5.74, 6) is -1.13. The predicted octanol–water partition coefficient (Wildman–Crippen LogP) is 2.34. The maximum atomic E-state index is 11.4. The first-order chi connectivity index (χ1) is 10.2. The number of rotatable bonds is 3. The number of benzene rings is 1. The van der Waals surface area contributed by atoms with Crippen molar-refractivity contribution in [3.05, 3.63) is 59.9 Å². The van der Waals surface area contributed by atoms with Gasteiger partial charge in [0.2, 0.25) is 0 Å². The molecule has 104 valence electrons. The van der Waals surface area contributed by atoms with Crippen LogP contribution in [0, 0.1) is 6.92 Å². The van der Waals surface area contributed by atoms with E-state index in [1.165, 1.54) is 4.68 Å². The highest BCUT2D eigenvalue weighted by Crippen LogP contribution is 2.24. The summed E-state index contributed by atoms with van der Waals surface area (Å²) in [4.78, 5) is 15.6. The molecule has 0 amide bonds. The highest BCUT2D eigenvalue weighted by atomic mass is 16.4. The third-order valence-electron chi connectivity index (χ3n) is 3.12. The summed E-state index contributed by atoms with van der Waals surface area (Å²) in [5.41, 5.74) is 2.52. The van der Waals surface area contributed by atoms with Crippen LogP contribution < -0.4 is 0 Å². The van der Waals surface area contributed by atoms with Crippen molar-refractivity contribution < 1.29 is 9.90 Å². The smallest absolute Gasteiger partial charge is 0.358 e. The molecule has 0 saturated heterocycles. The van der Waals surface area contributed by atoms with Gasteiger partial charge in [-0.3, -0.25) is 4.98 Å². The maximum Gasteiger partial charge on any atom is 0.358 e. The molecule has 1 aromatic carbocycles. The summed E-state index contributed by atoms with van der Waals surface area (Å²) in [6, 6.07) is 12.9. The zero-order chi connectivity index (χ0) is 14.8. The van der Waals surface area contributed by atoms with Crippen LogP contribution in [0.15, 0.2) is 48.7 Å². The molecule has 21 heavy (non-hydrogen) atoms. The summed E-state index contributed by atoms with van der Waals surface area (Å²) in [7, 11) is 0. The lowest BCUT2D eigenvalue weighted by molar-refractivity contribution is 0.0691. The lowest BCUT2D eigenvalue weighted by atomic mass is 10.1. The summed E-state index contributed by atoms with van der Waals surface area (Å²) in [6.07, 6.45) is 1.61. The summed E-state index contributed by atoms with van der Waals surface area (Å²) >= 11 is 0. The van der Waals surface area contributed by atoms with Crippen LogP contribution in [-0.2, 0) is 0 Å². The van der Waals surface area contributed by atoms with E-state index in [-0.39, 0.29) is 5.69 Å². The van der Waals surface area contributed by atoms with Gasteiger partial charge in [0.15, 0.2) is 5.69 Å². The number of aryl methyl sites for hydroxylation is 1. The second kappa shape index (κ2) is 5.16. The summed E-state index contributed by atoms with van der Waals surface area (Å²) < 4.78 is 1.52. The largest absolute Gasteiger partial charge is 0.476 e. The Morgan fingerprint density at radius 1 is 1.14 bits per heavy atom. The first-order valence-corrected chi connectivity index (χ1v) is 6.35. The summed E-state index contributed by atoms with van der Waals surface area (Å²) in [6.45, 7) is 1.93. The van der Waals surface area contributed by atoms with Crippen molar-refractivity contribution in [3.8, 4) is 17.1 Å². The molecule has 3 aromatic rings. The van der Waals surface area contributed by atoms with Crippen LogP contribution in [-0.4, -0.2) is 31.1 Å². The molecule has 0 atom stereocenters. The number of carboxylic acids is 1. The maximum absolute atomic E-state index is 11.4. The van der Waals surface area contributed by atoms with E-state index in [1.54, 1.807) is 24.4 Å². The molecule has 0 aliphatic heterocycles. The Morgan fingerprint density at radius 2 is 1.90 bits per heavy atom. The monoisotopic (exact) mass is 280 g/mol. The first-order valence-electron chi connectivity index (χ1n) is 6.35. The SMILES string of the molecule is Cc1ccccc1-n1nnc(C(=O)O)c1-c1ccccn1. The number of nitrogens with zero attached hydrogens (tertiary/aromatic N) is 4. The highest BCUT2D eigenvalue weighted by molar-refractivity contribution is 5.92. The Kier molecular flexibility index (Phi) is 3.19. The fraction of sp³-hybridized carbons (Fsp3) is 0.0667. The Hall–Kier alpha value is -3.02. The van der Waals surface area contributed by atoms with Gasteiger partial charge in [-0.05, 0) is 30.7 Å². The molecule has 0 unspecified atom stereocenters. The molecular weight excluding hydrogens is 268 g/mol. The van der Waals surface area contributed by atoms with E-state index in [0.717, 1.165) is 11.3 Å². The van der Waals surface area contributed by atoms with Crippen LogP contribution in [0.1, 0.15) is 16.1 Å². The number of para-hydroxylation sites is 1. The van der Waals surface area contributed by atoms with Crippen LogP contribution in [0.3, 0.4) is 0 Å². The van der Waals surface area contributed by atoms with Crippen molar-refractivity contribution in [2.24, 2.45) is 0 Å². The molecule has 3 rings (SSSR count). The molecule has 0 spiro atoms. The molecule has 0 aliphatic carbocycles. The van der Waals surface area contributed by atoms with Crippen molar-refractivity contribution in [2.45, 2.75) is 6.92 Å². The third kappa shape index (κ3) is 2.27. The standard InChI is InChI=1S/C15H12N4O2/c1-10-6-2-3-8-12(10)19-14(11-7-4-5-9-16-11)13(15(20)21)17-18-19/h2-9H,1H3,(H,20,21). The minimum absolute atomic E-state index is 0.114. The molecule has 0 fully saturated rings. The van der Waals surface area contributed by atoms with Crippen LogP contribution in [0.25, 0.3) is 17.1 Å². The molecule has 2 heterocycles. The Balaban J connectivity index is 2.28. The van der Waals surface area contributed by atoms with Gasteiger partial charge in [-0.2, -0.15) is 0 Å². The molecule has 6 nitrogen and oxygen atoms in total. The number of carboxylic acid groups (broad SMARTS) is 1. The highest BCUT2D eigenvalue weighted by Gasteiger charge is 2.22. The lowest BCUT2D eigenvalue weighted by Crippen LogP contribution is -2.05. The average Bonchev–Trinajstić information content (AvgIpc) is 2.93. The van der Waals surface area contributed by atoms with Gasteiger partial charge in [0.25, 0.3) is 0 Å². The van der Waals surface area contributed by atoms with Gasteiger partial charge in [-0.1, -0.05) is 29.5 Å². The Labute approximate surface area is 120 Å². The van der Waals surface area contributed by atoms with Gasteiger partial charge >= 0.3 is 5.97 Å². The zero-order valence-corrected chi connectivity index (χ0v) is 11.3. The zero-order valence-electron chi connectivity index (χ0n) is 11.3. The molecule has 0 bridgehead atoms. The van der Waals surface area contributed by atoms with Crippen molar-refractivity contribution >= 4 is 5.97 Å². The third-order valence-corrected chi connectivity index (χ3v) is 3.12. The second-order valence-electron chi connectivity index (χ2n) is 4.51. The normalized spacial score (nSPS) is 10.5. The molecular formula is C15H12N4O2. The van der Waals surface area contributed by atoms with Gasteiger partial charge in [0.1, 0.15) is 5.69 Å². The topological polar surface area (TPSA) is 80.9 Å². The van der Waals surface area contributed by atoms with Crippen molar-refractivity contribution in [3.63, 3.8) is 0 Å². The fourth-order valence-corrected chi connectivity index (χ4v) is 2.13. The van der Waals surface area contributed by atoms with E-state index in [9.17, 15) is 9.90 Å². The van der Waals surface area contributed by atoms with Crippen molar-refractivity contribution in [1.29, 1.82) is 0 Å². The Morgan fingerprint density at radius 3 is 2.57 bits per heavy atom. The van der Waals surface area contributed by atoms with E-state index in [4.69, 9.17) is 0 Å². The quantitative estimate of drug-likeness (QED) is 0.796. The number of hydrogen-bond acceptors (Lipinski definition) is 4. The van der Waals surface area contributed by atoms with Gasteiger partial charge in [-0.15, -0.1) is 5.10 Å². The molecule has 0 saturated carbocycles. The van der Waals surface area contributed by atoms with Gasteiger partial charge in [0.05, 0.1) is 11.4 Å². The number of carbonyl (C=O) groups is 1. The molecule has 6 heteroatoms. The van der Waals surface area contributed by atoms with Crippen LogP contribution >= 0.6 is 0 Å². The van der Waals surface area contributed by atoms with E-state index in [0.29, 0.717) is 11.4 Å². The number of pyridine rings is 1. The summed E-state index contributed by atoms with van der Waals surface area (Å²) in [5, 5.41) is 17.1. The van der Waals surface area contributed by atoms with E-state index >= 15 is 0 Å². The average molecular weight is 280 g/mol. The van der Waals surface area contributed by atoms with Crippen LogP contribution in [0.4, 0.5) is 0 Å². The number of aromatic carboxylic acids is 1. The van der Waals surface area contributed by atoms with Crippen LogP contribution in [0.2, 0.25) is 0 Å². The van der Waals surface area contributed by atoms with Crippen LogP contribution in [0.5, 0.6) is 0 Å². The molecule has 1 N–H and O–H groups in total. The lowest BCUT2D eigenvalue weighted by Gasteiger charge is -2.08. The van der Waals surface area contributed by atoms with Gasteiger partial charge < -0.3 is 5.11 Å². The van der Waals surface area contributed by atoms with Crippen molar-refractivity contribution in [2.75, 3.05) is 0 Å². The van der Waals surface area contributed by atoms with Gasteiger partial charge in [-0.25, -0.2) is 9.48 Å². The molecule has 0 radical (unpaired) electrons. The first kappa shape index (κ1) is 13.0. The van der Waals surface area contributed by atoms with Crippen molar-refractivity contribution in [1.82, 2.24) is 20.0 Å². The van der Waals surface area contributed by atoms with E-state index < -0.39 is 5.97 Å². The van der Waals surface area contributed by atoms with Gasteiger partial charge in [0, 0.05) is 6.20 Å². The number of hydrogen-bond donors (Lipinski definition) is 1. The molecule has 2 aromatic heterocycles. The second-order valence-corrected chi connectivity index (χ2v) is 4.51. The Bertz CT molecular complexity index is 796. The van der Waals surface area contributed by atoms with E-state index in [1.807, 2.05) is 31.2 Å². The minimum atomic E-state index is -1.13. The fourth-order valence-electron chi connectivity index (χ4n) is 2.13. The molecule has 0 aliphatic rings.